The number of carboxylic acids is 1. The number of aliphatic carboxylic acids is 1. The molecule has 0 aliphatic heterocycles. The van der Waals surface area contributed by atoms with E-state index in [-0.39, 0.29) is 32.2 Å². The Morgan fingerprint density at radius 2 is 0.671 bits per heavy atom. The highest BCUT2D eigenvalue weighted by molar-refractivity contribution is 5.70. The van der Waals surface area contributed by atoms with Crippen LogP contribution in [0.25, 0.3) is 0 Å². The summed E-state index contributed by atoms with van der Waals surface area (Å²) in [4.78, 5) is 37.5. The Morgan fingerprint density at radius 3 is 1.00 bits per heavy atom. The molecule has 0 saturated heterocycles. The number of hydrogen-bond acceptors (Lipinski definition) is 8. The number of rotatable bonds is 69. The van der Waals surface area contributed by atoms with Gasteiger partial charge in [-0.3, -0.25) is 9.59 Å². The summed E-state index contributed by atoms with van der Waals surface area (Å²) >= 11 is 0. The van der Waals surface area contributed by atoms with E-state index in [9.17, 15) is 19.5 Å². The van der Waals surface area contributed by atoms with Crippen molar-refractivity contribution in [2.45, 2.75) is 373 Å². The predicted octanol–water partition coefficient (Wildman–Crippen LogP) is 21.6. The molecule has 9 nitrogen and oxygen atoms in total. The minimum absolute atomic E-state index is 0.151. The maximum Gasteiger partial charge on any atom is 0.306 e. The van der Waals surface area contributed by atoms with Gasteiger partial charge in [0.1, 0.15) is 13.2 Å². The molecule has 85 heavy (non-hydrogen) atoms. The zero-order chi connectivity index (χ0) is 61.9. The molecular weight excluding hydrogens is 1050 g/mol. The van der Waals surface area contributed by atoms with Crippen molar-refractivity contribution in [3.8, 4) is 0 Å². The number of nitrogens with zero attached hydrogens (tertiary/aromatic N) is 1. The van der Waals surface area contributed by atoms with Gasteiger partial charge < -0.3 is 33.3 Å². The van der Waals surface area contributed by atoms with E-state index in [1.165, 1.54) is 270 Å². The van der Waals surface area contributed by atoms with Crippen LogP contribution in [0.1, 0.15) is 361 Å². The zero-order valence-corrected chi connectivity index (χ0v) is 57.0. The minimum Gasteiger partial charge on any atom is -0.545 e. The fourth-order valence-corrected chi connectivity index (χ4v) is 11.0. The standard InChI is InChI=1S/C76H141NO8/c1-6-8-10-12-14-16-18-20-22-24-26-28-30-31-32-33-34-35-36-37-38-39-40-41-42-43-45-47-49-51-53-55-57-59-61-63-65-67-74(79)85-72(71-84-76(75(80)81)82-69-68-77(3,4)5)70-83-73(78)66-64-62-60-58-56-54-52-50-48-46-44-29-27-25-23-21-19-17-15-13-11-9-7-2/h8,10,14,16,20,22,26,28,72,76H,6-7,9,11-13,15,17-19,21,23-25,27,29-71H2,1-5H3/b10-8-,16-14-,22-20-,28-26-. The van der Waals surface area contributed by atoms with Crippen LogP contribution in [0.15, 0.2) is 48.6 Å². The van der Waals surface area contributed by atoms with Crippen LogP contribution in [-0.4, -0.2) is 82.3 Å². The Balaban J connectivity index is 3.99. The molecule has 2 unspecified atom stereocenters. The van der Waals surface area contributed by atoms with E-state index in [1.807, 2.05) is 21.1 Å². The third-order valence-electron chi connectivity index (χ3n) is 16.6. The number of ether oxygens (including phenoxy) is 4. The molecular formula is C76H141NO8. The number of quaternary nitrogens is 1. The van der Waals surface area contributed by atoms with Crippen LogP contribution in [0.4, 0.5) is 0 Å². The molecule has 0 saturated carbocycles. The van der Waals surface area contributed by atoms with Gasteiger partial charge in [-0.05, 0) is 51.4 Å². The van der Waals surface area contributed by atoms with E-state index in [2.05, 4.69) is 62.5 Å². The Kier molecular flexibility index (Phi) is 65.0. The van der Waals surface area contributed by atoms with E-state index in [1.54, 1.807) is 0 Å². The Bertz CT molecular complexity index is 1530. The highest BCUT2D eigenvalue weighted by atomic mass is 16.7. The van der Waals surface area contributed by atoms with Gasteiger partial charge in [0.2, 0.25) is 0 Å². The summed E-state index contributed by atoms with van der Waals surface area (Å²) in [5, 5.41) is 11.8. The van der Waals surface area contributed by atoms with Gasteiger partial charge >= 0.3 is 11.9 Å². The summed E-state index contributed by atoms with van der Waals surface area (Å²) in [7, 11) is 5.95. The van der Waals surface area contributed by atoms with Crippen LogP contribution in [0, 0.1) is 0 Å². The van der Waals surface area contributed by atoms with Crippen molar-refractivity contribution in [1.29, 1.82) is 0 Å². The van der Waals surface area contributed by atoms with Crippen LogP contribution in [0.5, 0.6) is 0 Å². The number of carboxylic acid groups (broad SMARTS) is 1. The smallest absolute Gasteiger partial charge is 0.306 e. The Hall–Kier alpha value is -2.75. The first-order valence-electron chi connectivity index (χ1n) is 36.8. The molecule has 0 spiro atoms. The van der Waals surface area contributed by atoms with Crippen molar-refractivity contribution in [3.05, 3.63) is 48.6 Å². The van der Waals surface area contributed by atoms with Gasteiger partial charge in [0.05, 0.1) is 40.3 Å². The minimum atomic E-state index is -1.62. The van der Waals surface area contributed by atoms with Crippen molar-refractivity contribution in [2.24, 2.45) is 0 Å². The van der Waals surface area contributed by atoms with Gasteiger partial charge in [-0.1, -0.05) is 345 Å². The number of allylic oxidation sites excluding steroid dienone is 8. The molecule has 0 aromatic carbocycles. The van der Waals surface area contributed by atoms with Crippen LogP contribution < -0.4 is 5.11 Å². The lowest BCUT2D eigenvalue weighted by molar-refractivity contribution is -0.870. The van der Waals surface area contributed by atoms with Crippen molar-refractivity contribution < 1.29 is 42.9 Å². The number of carbonyl (C=O) groups excluding carboxylic acids is 3. The lowest BCUT2D eigenvalue weighted by atomic mass is 10.0. The first-order valence-corrected chi connectivity index (χ1v) is 36.8. The van der Waals surface area contributed by atoms with Crippen molar-refractivity contribution in [3.63, 3.8) is 0 Å². The number of carbonyl (C=O) groups is 3. The van der Waals surface area contributed by atoms with Gasteiger partial charge in [0.15, 0.2) is 12.4 Å². The van der Waals surface area contributed by atoms with E-state index in [4.69, 9.17) is 18.9 Å². The van der Waals surface area contributed by atoms with Crippen LogP contribution in [0.2, 0.25) is 0 Å². The largest absolute Gasteiger partial charge is 0.545 e. The zero-order valence-electron chi connectivity index (χ0n) is 57.0. The average molecular weight is 1200 g/mol. The second-order valence-electron chi connectivity index (χ2n) is 26.2. The maximum absolute atomic E-state index is 12.9. The molecule has 0 aromatic rings. The van der Waals surface area contributed by atoms with Gasteiger partial charge in [0, 0.05) is 12.8 Å². The number of hydrogen-bond donors (Lipinski definition) is 0. The number of likely N-dealkylation sites (N-methyl/N-ethyl adjacent to an activating group) is 1. The van der Waals surface area contributed by atoms with Crippen molar-refractivity contribution >= 4 is 17.9 Å². The van der Waals surface area contributed by atoms with Gasteiger partial charge in [-0.2, -0.15) is 0 Å². The second kappa shape index (κ2) is 67.2. The Morgan fingerprint density at radius 1 is 0.365 bits per heavy atom. The number of unbranched alkanes of at least 4 members (excludes halogenated alkanes) is 46. The average Bonchev–Trinajstić information content (AvgIpc) is 3.48. The third kappa shape index (κ3) is 68.6. The molecule has 9 heteroatoms. The molecule has 2 atom stereocenters. The molecule has 0 aliphatic rings. The highest BCUT2D eigenvalue weighted by Gasteiger charge is 2.22. The second-order valence-corrected chi connectivity index (χ2v) is 26.2. The SMILES string of the molecule is CC/C=C\C/C=C\C/C=C\C/C=C\CCCCCCCCCCCCCCCCCCCCCCCCCCC(=O)OC(COC(=O)CCCCCCCCCCCCCCCCCCCCCCCCC)COC(OCC[N+](C)(C)C)C(=O)[O-]. The monoisotopic (exact) mass is 1200 g/mol. The molecule has 0 aliphatic carbocycles. The molecule has 0 fully saturated rings. The fourth-order valence-electron chi connectivity index (χ4n) is 11.0. The summed E-state index contributed by atoms with van der Waals surface area (Å²) in [6, 6.07) is 0. The van der Waals surface area contributed by atoms with Crippen LogP contribution in [0.3, 0.4) is 0 Å². The summed E-state index contributed by atoms with van der Waals surface area (Å²) in [6.07, 6.45) is 83.6. The third-order valence-corrected chi connectivity index (χ3v) is 16.6. The molecule has 0 rings (SSSR count). The number of esters is 2. The first kappa shape index (κ1) is 82.2. The van der Waals surface area contributed by atoms with Crippen LogP contribution in [-0.2, 0) is 33.3 Å². The molecule has 0 heterocycles. The molecule has 0 amide bonds. The quantitative estimate of drug-likeness (QED) is 0.0195. The lowest BCUT2D eigenvalue weighted by Gasteiger charge is -2.26. The summed E-state index contributed by atoms with van der Waals surface area (Å²) in [5.41, 5.74) is 0. The summed E-state index contributed by atoms with van der Waals surface area (Å²) in [5.74, 6) is -2.25. The Labute approximate surface area is 527 Å². The fraction of sp³-hybridized carbons (Fsp3) is 0.855. The normalized spacial score (nSPS) is 12.9. The summed E-state index contributed by atoms with van der Waals surface area (Å²) < 4.78 is 22.8. The first-order chi connectivity index (χ1) is 41.6. The molecule has 0 N–H and O–H groups in total. The molecule has 0 bridgehead atoms. The predicted molar refractivity (Wildman–Crippen MR) is 362 cm³/mol. The maximum atomic E-state index is 12.9. The van der Waals surface area contributed by atoms with E-state index in [0.29, 0.717) is 17.4 Å². The van der Waals surface area contributed by atoms with Gasteiger partial charge in [-0.15, -0.1) is 0 Å². The lowest BCUT2D eigenvalue weighted by Crippen LogP contribution is -2.44. The van der Waals surface area contributed by atoms with Gasteiger partial charge in [0.25, 0.3) is 0 Å². The van der Waals surface area contributed by atoms with Crippen LogP contribution >= 0.6 is 0 Å². The molecule has 0 aromatic heterocycles. The van der Waals surface area contributed by atoms with E-state index in [0.717, 1.165) is 64.2 Å². The van der Waals surface area contributed by atoms with Crippen molar-refractivity contribution in [1.82, 2.24) is 0 Å². The van der Waals surface area contributed by atoms with Crippen molar-refractivity contribution in [2.75, 3.05) is 47.5 Å². The van der Waals surface area contributed by atoms with E-state index < -0.39 is 24.3 Å². The molecule has 498 valence electrons. The summed E-state index contributed by atoms with van der Waals surface area (Å²) in [6.45, 7) is 4.71. The highest BCUT2D eigenvalue weighted by Crippen LogP contribution is 2.19. The topological polar surface area (TPSA) is 111 Å². The van der Waals surface area contributed by atoms with E-state index >= 15 is 0 Å². The molecule has 0 radical (unpaired) electrons. The van der Waals surface area contributed by atoms with Gasteiger partial charge in [-0.25, -0.2) is 0 Å².